The summed E-state index contributed by atoms with van der Waals surface area (Å²) in [5.74, 6) is 1.45. The van der Waals surface area contributed by atoms with Gasteiger partial charge < -0.3 is 4.74 Å². The van der Waals surface area contributed by atoms with Gasteiger partial charge >= 0.3 is 0 Å². The summed E-state index contributed by atoms with van der Waals surface area (Å²) in [5.41, 5.74) is 5.84. The predicted octanol–water partition coefficient (Wildman–Crippen LogP) is 5.38. The third-order valence-electron chi connectivity index (χ3n) is 8.69. The molecule has 5 aliphatic rings. The predicted molar refractivity (Wildman–Crippen MR) is 108 cm³/mol. The Balaban J connectivity index is 1.65. The number of ether oxygens (including phenoxy) is 1. The molecule has 1 saturated carbocycles. The maximum atomic E-state index is 13.1. The zero-order chi connectivity index (χ0) is 19.7. The third kappa shape index (κ3) is 2.00. The van der Waals surface area contributed by atoms with Crippen LogP contribution in [-0.4, -0.2) is 18.7 Å². The van der Waals surface area contributed by atoms with Crippen LogP contribution < -0.4 is 0 Å². The van der Waals surface area contributed by atoms with Crippen LogP contribution in [0.5, 0.6) is 0 Å². The fraction of sp³-hybridized carbons (Fsp3) is 0.600. The Kier molecular flexibility index (Phi) is 3.76. The summed E-state index contributed by atoms with van der Waals surface area (Å²) in [4.78, 5) is 25.3. The van der Waals surface area contributed by atoms with Crippen molar-refractivity contribution in [3.63, 3.8) is 0 Å². The zero-order valence-electron chi connectivity index (χ0n) is 17.3. The Morgan fingerprint density at radius 3 is 2.71 bits per heavy atom. The quantitative estimate of drug-likeness (QED) is 0.619. The lowest BCUT2D eigenvalue weighted by Crippen LogP contribution is -2.43. The van der Waals surface area contributed by atoms with Crippen molar-refractivity contribution in [3.8, 4) is 0 Å². The minimum atomic E-state index is -0.283. The van der Waals surface area contributed by atoms with Crippen LogP contribution in [0, 0.1) is 16.2 Å². The van der Waals surface area contributed by atoms with Gasteiger partial charge in [0.25, 0.3) is 0 Å². The lowest BCUT2D eigenvalue weighted by molar-refractivity contribution is -0.127. The highest BCUT2D eigenvalue weighted by atomic mass is 16.5. The van der Waals surface area contributed by atoms with Crippen LogP contribution in [0.3, 0.4) is 0 Å². The van der Waals surface area contributed by atoms with Gasteiger partial charge in [0.2, 0.25) is 0 Å². The van der Waals surface area contributed by atoms with E-state index in [1.807, 2.05) is 6.92 Å². The number of hydrogen-bond donors (Lipinski definition) is 0. The number of ketones is 1. The van der Waals surface area contributed by atoms with E-state index < -0.39 is 0 Å². The molecule has 0 aliphatic heterocycles. The van der Waals surface area contributed by atoms with Crippen LogP contribution in [0.15, 0.2) is 45.8 Å². The van der Waals surface area contributed by atoms with Gasteiger partial charge in [0.1, 0.15) is 12.1 Å². The molecule has 0 heterocycles. The largest absolute Gasteiger partial charge is 0.498 e. The van der Waals surface area contributed by atoms with E-state index in [1.54, 1.807) is 0 Å². The number of hydrogen-bond acceptors (Lipinski definition) is 3. The highest BCUT2D eigenvalue weighted by molar-refractivity contribution is 5.94. The van der Waals surface area contributed by atoms with Crippen molar-refractivity contribution in [2.24, 2.45) is 16.2 Å². The van der Waals surface area contributed by atoms with Crippen LogP contribution >= 0.6 is 0 Å². The van der Waals surface area contributed by atoms with E-state index in [1.165, 1.54) is 16.7 Å². The van der Waals surface area contributed by atoms with E-state index in [0.717, 1.165) is 68.1 Å². The van der Waals surface area contributed by atoms with Crippen molar-refractivity contribution in [3.05, 3.63) is 45.8 Å². The van der Waals surface area contributed by atoms with Gasteiger partial charge in [-0.25, -0.2) is 0 Å². The Hall–Kier alpha value is -1.90. The first kappa shape index (κ1) is 18.1. The van der Waals surface area contributed by atoms with Crippen LogP contribution in [0.2, 0.25) is 0 Å². The number of allylic oxidation sites excluding steroid dienone is 8. The lowest BCUT2D eigenvalue weighted by Gasteiger charge is -2.50. The monoisotopic (exact) mass is 378 g/mol. The molecule has 3 heteroatoms. The Labute approximate surface area is 167 Å². The average Bonchev–Trinajstić information content (AvgIpc) is 3.12. The first-order valence-corrected chi connectivity index (χ1v) is 10.9. The molecular formula is C25H30O3. The minimum absolute atomic E-state index is 0.0821. The molecule has 0 aromatic carbocycles. The van der Waals surface area contributed by atoms with Crippen molar-refractivity contribution in [2.45, 2.75) is 72.1 Å². The summed E-state index contributed by atoms with van der Waals surface area (Å²) in [6.07, 6.45) is 12.8. The molecule has 2 unspecified atom stereocenters. The minimum Gasteiger partial charge on any atom is -0.498 e. The number of rotatable bonds is 3. The summed E-state index contributed by atoms with van der Waals surface area (Å²) in [6.45, 7) is 7.30. The molecule has 0 radical (unpaired) electrons. The first-order chi connectivity index (χ1) is 13.4. The normalized spacial score (nSPS) is 39.0. The van der Waals surface area contributed by atoms with E-state index in [4.69, 9.17) is 4.74 Å². The summed E-state index contributed by atoms with van der Waals surface area (Å²) >= 11 is 0. The van der Waals surface area contributed by atoms with Crippen LogP contribution in [0.4, 0.5) is 0 Å². The van der Waals surface area contributed by atoms with E-state index in [0.29, 0.717) is 18.8 Å². The average molecular weight is 379 g/mol. The van der Waals surface area contributed by atoms with Crippen LogP contribution in [0.25, 0.3) is 0 Å². The molecule has 148 valence electrons. The first-order valence-electron chi connectivity index (χ1n) is 10.9. The van der Waals surface area contributed by atoms with Gasteiger partial charge in [-0.2, -0.15) is 0 Å². The molecule has 0 amide bonds. The molecule has 3 nitrogen and oxygen atoms in total. The highest BCUT2D eigenvalue weighted by Gasteiger charge is 2.64. The molecule has 3 atom stereocenters. The van der Waals surface area contributed by atoms with E-state index in [2.05, 4.69) is 26.0 Å². The smallest absolute Gasteiger partial charge is 0.146 e. The molecule has 1 spiro atoms. The number of carbonyl (C=O) groups is 2. The van der Waals surface area contributed by atoms with Crippen molar-refractivity contribution < 1.29 is 14.3 Å². The fourth-order valence-electron chi connectivity index (χ4n) is 7.15. The van der Waals surface area contributed by atoms with E-state index in [9.17, 15) is 9.59 Å². The summed E-state index contributed by atoms with van der Waals surface area (Å²) in [7, 11) is 0. The molecule has 0 aromatic heterocycles. The maximum absolute atomic E-state index is 13.1. The molecular weight excluding hydrogens is 348 g/mol. The second-order valence-electron chi connectivity index (χ2n) is 9.78. The summed E-state index contributed by atoms with van der Waals surface area (Å²) < 4.78 is 5.80. The van der Waals surface area contributed by atoms with Crippen molar-refractivity contribution >= 4 is 12.1 Å². The van der Waals surface area contributed by atoms with Gasteiger partial charge in [-0.15, -0.1) is 0 Å². The van der Waals surface area contributed by atoms with Crippen molar-refractivity contribution in [2.75, 3.05) is 6.61 Å². The van der Waals surface area contributed by atoms with Gasteiger partial charge in [-0.3, -0.25) is 9.59 Å². The Bertz CT molecular complexity index is 914. The van der Waals surface area contributed by atoms with Gasteiger partial charge in [0.05, 0.1) is 17.8 Å². The van der Waals surface area contributed by atoms with Crippen LogP contribution in [0.1, 0.15) is 72.1 Å². The summed E-state index contributed by atoms with van der Waals surface area (Å²) in [6, 6.07) is 0. The molecule has 0 bridgehead atoms. The maximum Gasteiger partial charge on any atom is 0.146 e. The number of carbonyl (C=O) groups excluding carboxylic acids is 2. The molecule has 5 aliphatic carbocycles. The van der Waals surface area contributed by atoms with Crippen molar-refractivity contribution in [1.29, 1.82) is 0 Å². The van der Waals surface area contributed by atoms with Crippen LogP contribution in [-0.2, 0) is 14.3 Å². The molecule has 0 N–H and O–H groups in total. The standard InChI is InChI=1S/C25H30O3/c1-4-28-17-5-11-24(3)19-7-12-25-20(6-9-23(25,2)10-8-22(25)27)18(19)13-16(15-26)21(24)14-17/h6,14-15H,4-5,7-13H2,1-3H3/t23-,24?,25?/m0/s1. The van der Waals surface area contributed by atoms with Crippen molar-refractivity contribution in [1.82, 2.24) is 0 Å². The number of Topliss-reactive ketones (excluding diaryl/α,β-unsaturated/α-hetero) is 1. The third-order valence-corrected chi connectivity index (χ3v) is 8.69. The van der Waals surface area contributed by atoms with E-state index >= 15 is 0 Å². The van der Waals surface area contributed by atoms with E-state index in [-0.39, 0.29) is 16.2 Å². The fourth-order valence-corrected chi connectivity index (χ4v) is 7.15. The second kappa shape index (κ2) is 5.81. The molecule has 5 rings (SSSR count). The molecule has 0 saturated heterocycles. The lowest BCUT2D eigenvalue weighted by atomic mass is 9.52. The van der Waals surface area contributed by atoms with Gasteiger partial charge in [0, 0.05) is 30.3 Å². The van der Waals surface area contributed by atoms with Gasteiger partial charge in [0.15, 0.2) is 0 Å². The topological polar surface area (TPSA) is 43.4 Å². The Morgan fingerprint density at radius 2 is 1.96 bits per heavy atom. The number of aldehydes is 1. The highest BCUT2D eigenvalue weighted by Crippen LogP contribution is 2.69. The molecule has 0 aromatic rings. The Morgan fingerprint density at radius 1 is 1.14 bits per heavy atom. The van der Waals surface area contributed by atoms with Gasteiger partial charge in [-0.05, 0) is 67.2 Å². The summed E-state index contributed by atoms with van der Waals surface area (Å²) in [5, 5.41) is 0. The molecule has 1 fully saturated rings. The van der Waals surface area contributed by atoms with Gasteiger partial charge in [-0.1, -0.05) is 25.5 Å². The molecule has 28 heavy (non-hydrogen) atoms. The zero-order valence-corrected chi connectivity index (χ0v) is 17.3. The second-order valence-corrected chi connectivity index (χ2v) is 9.78. The SMILES string of the molecule is CCOC1=CC2=C(C=O)CC3=C(CCC45C(=O)CC[C@]4(C)CC=C35)C2(C)CC1. The number of fused-ring (bicyclic) bond motifs is 3.